The zero-order valence-corrected chi connectivity index (χ0v) is 22.2. The lowest BCUT2D eigenvalue weighted by Gasteiger charge is -2.33. The molecule has 9 nitrogen and oxygen atoms in total. The maximum absolute atomic E-state index is 14.2. The second-order valence-electron chi connectivity index (χ2n) is 9.72. The van der Waals surface area contributed by atoms with E-state index in [1.165, 1.54) is 11.3 Å². The zero-order valence-electron chi connectivity index (χ0n) is 22.2. The topological polar surface area (TPSA) is 98.6 Å². The molecule has 0 saturated heterocycles. The van der Waals surface area contributed by atoms with Crippen LogP contribution in [0.3, 0.4) is 0 Å². The highest BCUT2D eigenvalue weighted by atomic mass is 16.5. The van der Waals surface area contributed by atoms with Gasteiger partial charge in [-0.25, -0.2) is 4.68 Å². The Morgan fingerprint density at radius 1 is 0.949 bits per heavy atom. The largest absolute Gasteiger partial charge is 0.497 e. The van der Waals surface area contributed by atoms with Gasteiger partial charge in [-0.2, -0.15) is 0 Å². The van der Waals surface area contributed by atoms with Crippen molar-refractivity contribution < 1.29 is 19.1 Å². The second kappa shape index (κ2) is 12.0. The molecule has 0 unspecified atom stereocenters. The molecule has 5 rings (SSSR count). The lowest BCUT2D eigenvalue weighted by Crippen LogP contribution is -2.48. The summed E-state index contributed by atoms with van der Waals surface area (Å²) < 4.78 is 12.5. The van der Waals surface area contributed by atoms with E-state index in [1.807, 2.05) is 42.5 Å². The van der Waals surface area contributed by atoms with Crippen molar-refractivity contribution in [3.8, 4) is 11.5 Å². The SMILES string of the molecule is COc1cccc([C@H](C(=O)NC2CCCCC2)N(C(=O)Cn2nnc3ccccc32)c2cccc(OC)c2)c1. The van der Waals surface area contributed by atoms with E-state index in [0.717, 1.165) is 31.2 Å². The fraction of sp³-hybridized carbons (Fsp3) is 0.333. The monoisotopic (exact) mass is 527 g/mol. The summed E-state index contributed by atoms with van der Waals surface area (Å²) in [5, 5.41) is 11.7. The molecule has 202 valence electrons. The van der Waals surface area contributed by atoms with Gasteiger partial charge in [-0.15, -0.1) is 5.10 Å². The van der Waals surface area contributed by atoms with Gasteiger partial charge in [-0.3, -0.25) is 14.5 Å². The van der Waals surface area contributed by atoms with E-state index in [4.69, 9.17) is 9.47 Å². The number of methoxy groups -OCH3 is 2. The number of amides is 2. The van der Waals surface area contributed by atoms with E-state index < -0.39 is 6.04 Å². The Morgan fingerprint density at radius 3 is 2.44 bits per heavy atom. The van der Waals surface area contributed by atoms with Crippen molar-refractivity contribution in [3.63, 3.8) is 0 Å². The first-order valence-corrected chi connectivity index (χ1v) is 13.3. The molecule has 9 heteroatoms. The van der Waals surface area contributed by atoms with Crippen molar-refractivity contribution in [2.24, 2.45) is 0 Å². The van der Waals surface area contributed by atoms with Gasteiger partial charge in [0.15, 0.2) is 0 Å². The lowest BCUT2D eigenvalue weighted by atomic mass is 9.94. The van der Waals surface area contributed by atoms with Gasteiger partial charge in [-0.1, -0.05) is 54.8 Å². The lowest BCUT2D eigenvalue weighted by molar-refractivity contribution is -0.127. The Hall–Kier alpha value is -4.40. The number of nitrogens with zero attached hydrogens (tertiary/aromatic N) is 4. The van der Waals surface area contributed by atoms with Crippen molar-refractivity contribution in [2.75, 3.05) is 19.1 Å². The minimum atomic E-state index is -0.948. The van der Waals surface area contributed by atoms with Gasteiger partial charge in [0.2, 0.25) is 11.8 Å². The third kappa shape index (κ3) is 5.87. The van der Waals surface area contributed by atoms with Crippen LogP contribution in [-0.4, -0.2) is 47.1 Å². The van der Waals surface area contributed by atoms with Crippen LogP contribution in [-0.2, 0) is 16.1 Å². The molecule has 1 N–H and O–H groups in total. The quantitative estimate of drug-likeness (QED) is 0.340. The normalized spacial score (nSPS) is 14.5. The number of fused-ring (bicyclic) bond motifs is 1. The minimum absolute atomic E-state index is 0.0703. The van der Waals surface area contributed by atoms with E-state index in [-0.39, 0.29) is 24.4 Å². The maximum Gasteiger partial charge on any atom is 0.249 e. The summed E-state index contributed by atoms with van der Waals surface area (Å²) >= 11 is 0. The van der Waals surface area contributed by atoms with E-state index in [9.17, 15) is 9.59 Å². The van der Waals surface area contributed by atoms with Crippen LogP contribution in [0.15, 0.2) is 72.8 Å². The van der Waals surface area contributed by atoms with Gasteiger partial charge in [0.25, 0.3) is 0 Å². The minimum Gasteiger partial charge on any atom is -0.497 e. The number of carbonyl (C=O) groups excluding carboxylic acids is 2. The van der Waals surface area contributed by atoms with Crippen LogP contribution in [0.2, 0.25) is 0 Å². The van der Waals surface area contributed by atoms with Crippen LogP contribution >= 0.6 is 0 Å². The van der Waals surface area contributed by atoms with Crippen LogP contribution in [0.25, 0.3) is 11.0 Å². The molecule has 0 radical (unpaired) electrons. The number of carbonyl (C=O) groups is 2. The van der Waals surface area contributed by atoms with E-state index in [1.54, 1.807) is 49.2 Å². The number of aromatic nitrogens is 3. The van der Waals surface area contributed by atoms with Crippen LogP contribution in [0.5, 0.6) is 11.5 Å². The summed E-state index contributed by atoms with van der Waals surface area (Å²) in [6.07, 6.45) is 5.18. The highest BCUT2D eigenvalue weighted by Crippen LogP contribution is 2.33. The molecular formula is C30H33N5O4. The first kappa shape index (κ1) is 26.2. The molecule has 1 fully saturated rings. The van der Waals surface area contributed by atoms with Crippen LogP contribution < -0.4 is 19.7 Å². The maximum atomic E-state index is 14.2. The summed E-state index contributed by atoms with van der Waals surface area (Å²) in [4.78, 5) is 29.8. The molecule has 2 amide bonds. The van der Waals surface area contributed by atoms with Crippen molar-refractivity contribution >= 4 is 28.5 Å². The van der Waals surface area contributed by atoms with Gasteiger partial charge in [0.1, 0.15) is 29.6 Å². The zero-order chi connectivity index (χ0) is 27.2. The molecule has 39 heavy (non-hydrogen) atoms. The Balaban J connectivity index is 1.59. The van der Waals surface area contributed by atoms with Crippen molar-refractivity contribution in [1.29, 1.82) is 0 Å². The third-order valence-electron chi connectivity index (χ3n) is 7.17. The molecule has 1 aromatic heterocycles. The number of para-hydroxylation sites is 1. The predicted octanol–water partition coefficient (Wildman–Crippen LogP) is 4.67. The van der Waals surface area contributed by atoms with Crippen LogP contribution in [0.4, 0.5) is 5.69 Å². The summed E-state index contributed by atoms with van der Waals surface area (Å²) in [7, 11) is 3.15. The van der Waals surface area contributed by atoms with Crippen molar-refractivity contribution in [1.82, 2.24) is 20.3 Å². The molecule has 3 aromatic carbocycles. The molecule has 4 aromatic rings. The van der Waals surface area contributed by atoms with E-state index >= 15 is 0 Å². The molecule has 1 aliphatic rings. The number of hydrogen-bond acceptors (Lipinski definition) is 6. The Kier molecular flexibility index (Phi) is 8.05. The highest BCUT2D eigenvalue weighted by molar-refractivity contribution is 6.01. The molecule has 1 heterocycles. The average molecular weight is 528 g/mol. The average Bonchev–Trinajstić information content (AvgIpc) is 3.38. The Bertz CT molecular complexity index is 1450. The third-order valence-corrected chi connectivity index (χ3v) is 7.17. The first-order chi connectivity index (χ1) is 19.1. The van der Waals surface area contributed by atoms with Gasteiger partial charge in [-0.05, 0) is 54.8 Å². The standard InChI is InChI=1S/C30H33N5O4/c1-38-24-14-8-10-21(18-24)29(30(37)31-22-11-4-3-5-12-22)35(23-13-9-15-25(19-23)39-2)28(36)20-34-27-17-7-6-16-26(27)32-33-34/h6-10,13-19,22,29H,3-5,11-12,20H2,1-2H3,(H,31,37)/t29-/m1/s1. The molecule has 0 aliphatic heterocycles. The summed E-state index contributed by atoms with van der Waals surface area (Å²) in [6.45, 7) is -0.102. The molecule has 0 spiro atoms. The number of benzene rings is 3. The van der Waals surface area contributed by atoms with Gasteiger partial charge >= 0.3 is 0 Å². The van der Waals surface area contributed by atoms with Gasteiger partial charge in [0.05, 0.1) is 19.7 Å². The molecular weight excluding hydrogens is 494 g/mol. The second-order valence-corrected chi connectivity index (χ2v) is 9.72. The summed E-state index contributed by atoms with van der Waals surface area (Å²) in [5.74, 6) is 0.622. The highest BCUT2D eigenvalue weighted by Gasteiger charge is 2.35. The van der Waals surface area contributed by atoms with Gasteiger partial charge < -0.3 is 14.8 Å². The first-order valence-electron chi connectivity index (χ1n) is 13.3. The predicted molar refractivity (Wildman–Crippen MR) is 149 cm³/mol. The van der Waals surface area contributed by atoms with Crippen molar-refractivity contribution in [2.45, 2.75) is 50.7 Å². The summed E-state index contributed by atoms with van der Waals surface area (Å²) in [5.41, 5.74) is 2.61. The molecule has 0 bridgehead atoms. The van der Waals surface area contributed by atoms with Crippen LogP contribution in [0, 0.1) is 0 Å². The fourth-order valence-electron chi connectivity index (χ4n) is 5.19. The fourth-order valence-corrected chi connectivity index (χ4v) is 5.19. The number of nitrogens with one attached hydrogen (secondary N) is 1. The van der Waals surface area contributed by atoms with E-state index in [2.05, 4.69) is 15.6 Å². The summed E-state index contributed by atoms with van der Waals surface area (Å²) in [6, 6.07) is 21.1. The number of anilines is 1. The Labute approximate surface area is 227 Å². The smallest absolute Gasteiger partial charge is 0.249 e. The molecule has 1 aliphatic carbocycles. The number of rotatable bonds is 9. The molecule has 1 saturated carbocycles. The number of hydrogen-bond donors (Lipinski definition) is 1. The van der Waals surface area contributed by atoms with Crippen LogP contribution in [0.1, 0.15) is 43.7 Å². The number of ether oxygens (including phenoxy) is 2. The molecule has 1 atom stereocenters. The van der Waals surface area contributed by atoms with Gasteiger partial charge in [0, 0.05) is 17.8 Å². The Morgan fingerprint density at radius 2 is 1.67 bits per heavy atom. The van der Waals surface area contributed by atoms with Crippen molar-refractivity contribution in [3.05, 3.63) is 78.4 Å². The van der Waals surface area contributed by atoms with E-state index in [0.29, 0.717) is 28.3 Å².